The molecular formula is C14H7ClFN3. The molecule has 3 rings (SSSR count). The molecule has 5 heteroatoms. The van der Waals surface area contributed by atoms with Crippen molar-refractivity contribution in [2.24, 2.45) is 0 Å². The molecular weight excluding hydrogens is 265 g/mol. The maximum absolute atomic E-state index is 13.4. The molecule has 0 aliphatic heterocycles. The first-order valence-electron chi connectivity index (χ1n) is 5.53. The topological polar surface area (TPSA) is 52.5 Å². The Bertz CT molecular complexity index is 817. The Balaban J connectivity index is 2.21. The summed E-state index contributed by atoms with van der Waals surface area (Å²) < 4.78 is 13.4. The zero-order valence-electron chi connectivity index (χ0n) is 9.61. The normalized spacial score (nSPS) is 10.6. The number of benzene rings is 2. The van der Waals surface area contributed by atoms with E-state index in [1.807, 2.05) is 6.07 Å². The van der Waals surface area contributed by atoms with E-state index in [1.54, 1.807) is 18.2 Å². The number of rotatable bonds is 1. The number of nitrogens with one attached hydrogen (secondary N) is 1. The minimum Gasteiger partial charge on any atom is -0.338 e. The van der Waals surface area contributed by atoms with E-state index in [-0.39, 0.29) is 5.02 Å². The highest BCUT2D eigenvalue weighted by Crippen LogP contribution is 2.25. The van der Waals surface area contributed by atoms with Gasteiger partial charge in [0.05, 0.1) is 16.1 Å². The van der Waals surface area contributed by atoms with Gasteiger partial charge in [0.1, 0.15) is 23.2 Å². The average Bonchev–Trinajstić information content (AvgIpc) is 2.85. The second-order valence-electron chi connectivity index (χ2n) is 4.03. The van der Waals surface area contributed by atoms with Crippen LogP contribution in [0.25, 0.3) is 22.4 Å². The van der Waals surface area contributed by atoms with Gasteiger partial charge in [-0.2, -0.15) is 5.26 Å². The lowest BCUT2D eigenvalue weighted by Crippen LogP contribution is -1.83. The van der Waals surface area contributed by atoms with Gasteiger partial charge in [0.15, 0.2) is 0 Å². The number of para-hydroxylation sites is 1. The number of hydrogen-bond donors (Lipinski definition) is 1. The van der Waals surface area contributed by atoms with Crippen LogP contribution in [0.2, 0.25) is 5.02 Å². The summed E-state index contributed by atoms with van der Waals surface area (Å²) in [7, 11) is 0. The highest BCUT2D eigenvalue weighted by Gasteiger charge is 2.10. The van der Waals surface area contributed by atoms with E-state index in [9.17, 15) is 4.39 Å². The quantitative estimate of drug-likeness (QED) is 0.730. The van der Waals surface area contributed by atoms with Crippen LogP contribution in [0, 0.1) is 17.1 Å². The van der Waals surface area contributed by atoms with Crippen LogP contribution < -0.4 is 0 Å². The summed E-state index contributed by atoms with van der Waals surface area (Å²) in [6.07, 6.45) is 0. The summed E-state index contributed by atoms with van der Waals surface area (Å²) >= 11 is 5.65. The van der Waals surface area contributed by atoms with Crippen molar-refractivity contribution in [2.75, 3.05) is 0 Å². The lowest BCUT2D eigenvalue weighted by molar-refractivity contribution is 0.628. The first-order chi connectivity index (χ1) is 9.19. The molecule has 0 saturated heterocycles. The lowest BCUT2D eigenvalue weighted by atomic mass is 10.2. The largest absolute Gasteiger partial charge is 0.338 e. The molecule has 0 aliphatic rings. The van der Waals surface area contributed by atoms with Crippen LogP contribution in [0.3, 0.4) is 0 Å². The molecule has 0 unspecified atom stereocenters. The maximum Gasteiger partial charge on any atom is 0.142 e. The summed E-state index contributed by atoms with van der Waals surface area (Å²) in [6, 6.07) is 11.8. The molecule has 0 fully saturated rings. The van der Waals surface area contributed by atoms with Crippen LogP contribution in [-0.2, 0) is 0 Å². The molecule has 92 valence electrons. The van der Waals surface area contributed by atoms with Gasteiger partial charge in [0, 0.05) is 5.56 Å². The fraction of sp³-hybridized carbons (Fsp3) is 0. The van der Waals surface area contributed by atoms with Crippen LogP contribution in [0.15, 0.2) is 36.4 Å². The monoisotopic (exact) mass is 271 g/mol. The Morgan fingerprint density at radius 2 is 2.11 bits per heavy atom. The Morgan fingerprint density at radius 1 is 1.26 bits per heavy atom. The molecule has 0 saturated carbocycles. The van der Waals surface area contributed by atoms with Crippen LogP contribution >= 0.6 is 11.6 Å². The predicted molar refractivity (Wildman–Crippen MR) is 71.2 cm³/mol. The summed E-state index contributed by atoms with van der Waals surface area (Å²) in [4.78, 5) is 7.40. The number of aromatic nitrogens is 2. The molecule has 3 aromatic rings. The number of fused-ring (bicyclic) bond motifs is 1. The van der Waals surface area contributed by atoms with Gasteiger partial charge < -0.3 is 4.98 Å². The third kappa shape index (κ3) is 1.94. The van der Waals surface area contributed by atoms with E-state index in [2.05, 4.69) is 16.0 Å². The van der Waals surface area contributed by atoms with Crippen molar-refractivity contribution in [3.05, 3.63) is 52.8 Å². The van der Waals surface area contributed by atoms with Crippen molar-refractivity contribution in [2.45, 2.75) is 0 Å². The van der Waals surface area contributed by atoms with Gasteiger partial charge in [0.25, 0.3) is 0 Å². The zero-order chi connectivity index (χ0) is 13.4. The van der Waals surface area contributed by atoms with Crippen molar-refractivity contribution in [3.8, 4) is 17.5 Å². The average molecular weight is 272 g/mol. The Labute approximate surface area is 113 Å². The van der Waals surface area contributed by atoms with Gasteiger partial charge in [-0.3, -0.25) is 0 Å². The number of hydrogen-bond acceptors (Lipinski definition) is 2. The van der Waals surface area contributed by atoms with E-state index in [1.165, 1.54) is 12.1 Å². The summed E-state index contributed by atoms with van der Waals surface area (Å²) in [5, 5.41) is 9.08. The molecule has 3 nitrogen and oxygen atoms in total. The third-order valence-corrected chi connectivity index (χ3v) is 3.13. The van der Waals surface area contributed by atoms with Gasteiger partial charge in [-0.25, -0.2) is 9.37 Å². The number of H-pyrrole nitrogens is 1. The molecule has 19 heavy (non-hydrogen) atoms. The second kappa shape index (κ2) is 4.38. The van der Waals surface area contributed by atoms with E-state index in [4.69, 9.17) is 16.9 Å². The number of aromatic amines is 1. The molecule has 0 aliphatic carbocycles. The fourth-order valence-electron chi connectivity index (χ4n) is 1.90. The van der Waals surface area contributed by atoms with E-state index in [0.717, 1.165) is 5.52 Å². The maximum atomic E-state index is 13.4. The number of nitriles is 1. The van der Waals surface area contributed by atoms with E-state index >= 15 is 0 Å². The van der Waals surface area contributed by atoms with Crippen LogP contribution in [-0.4, -0.2) is 9.97 Å². The smallest absolute Gasteiger partial charge is 0.142 e. The van der Waals surface area contributed by atoms with Crippen LogP contribution in [0.4, 0.5) is 4.39 Å². The molecule has 1 heterocycles. The minimum absolute atomic E-state index is 0.0672. The summed E-state index contributed by atoms with van der Waals surface area (Å²) in [5.41, 5.74) is 2.39. The lowest BCUT2D eigenvalue weighted by Gasteiger charge is -1.98. The Morgan fingerprint density at radius 3 is 2.84 bits per heavy atom. The second-order valence-corrected chi connectivity index (χ2v) is 4.44. The molecule has 1 N–H and O–H groups in total. The molecule has 0 atom stereocenters. The van der Waals surface area contributed by atoms with Crippen molar-refractivity contribution in [1.82, 2.24) is 9.97 Å². The molecule has 1 aromatic heterocycles. The van der Waals surface area contributed by atoms with Crippen molar-refractivity contribution in [1.29, 1.82) is 5.26 Å². The summed E-state index contributed by atoms with van der Waals surface area (Å²) in [5.74, 6) is 0.00777. The highest BCUT2D eigenvalue weighted by atomic mass is 35.5. The Hall–Kier alpha value is -2.38. The third-order valence-electron chi connectivity index (χ3n) is 2.83. The Kier molecular flexibility index (Phi) is 2.69. The molecule has 0 radical (unpaired) electrons. The van der Waals surface area contributed by atoms with Crippen molar-refractivity contribution >= 4 is 22.6 Å². The van der Waals surface area contributed by atoms with Gasteiger partial charge >= 0.3 is 0 Å². The highest BCUT2D eigenvalue weighted by molar-refractivity contribution is 6.30. The fourth-order valence-corrected chi connectivity index (χ4v) is 2.02. The van der Waals surface area contributed by atoms with Crippen molar-refractivity contribution in [3.63, 3.8) is 0 Å². The van der Waals surface area contributed by atoms with Crippen molar-refractivity contribution < 1.29 is 4.39 Å². The van der Waals surface area contributed by atoms with Gasteiger partial charge in [-0.05, 0) is 30.3 Å². The SMILES string of the molecule is N#Cc1cccc2[nH]c(-c3ccc(Cl)c(F)c3)nc12. The summed E-state index contributed by atoms with van der Waals surface area (Å²) in [6.45, 7) is 0. The number of nitrogens with zero attached hydrogens (tertiary/aromatic N) is 2. The minimum atomic E-state index is -0.500. The van der Waals surface area contributed by atoms with E-state index < -0.39 is 5.82 Å². The molecule has 0 amide bonds. The molecule has 0 spiro atoms. The standard InChI is InChI=1S/C14H7ClFN3/c15-10-5-4-8(6-11(10)16)14-18-12-3-1-2-9(7-17)13(12)19-14/h1-6H,(H,18,19). The van der Waals surface area contributed by atoms with Gasteiger partial charge in [0.2, 0.25) is 0 Å². The number of imidazole rings is 1. The molecule has 0 bridgehead atoms. The zero-order valence-corrected chi connectivity index (χ0v) is 10.4. The van der Waals surface area contributed by atoms with Crippen LogP contribution in [0.5, 0.6) is 0 Å². The first kappa shape index (κ1) is 11.7. The van der Waals surface area contributed by atoms with Crippen LogP contribution in [0.1, 0.15) is 5.56 Å². The van der Waals surface area contributed by atoms with E-state index in [0.29, 0.717) is 22.5 Å². The van der Waals surface area contributed by atoms with Gasteiger partial charge in [-0.15, -0.1) is 0 Å². The first-order valence-corrected chi connectivity index (χ1v) is 5.91. The van der Waals surface area contributed by atoms with Gasteiger partial charge in [-0.1, -0.05) is 17.7 Å². The predicted octanol–water partition coefficient (Wildman–Crippen LogP) is 3.89. The number of halogens is 2. The molecule has 2 aromatic carbocycles.